The van der Waals surface area contributed by atoms with Crippen molar-refractivity contribution in [3.05, 3.63) is 0 Å². The van der Waals surface area contributed by atoms with Crippen LogP contribution in [0.3, 0.4) is 0 Å². The Balaban J connectivity index is 2.44. The van der Waals surface area contributed by atoms with Crippen molar-refractivity contribution in [3.8, 4) is 0 Å². The van der Waals surface area contributed by atoms with Gasteiger partial charge in [-0.15, -0.1) is 0 Å². The zero-order chi connectivity index (χ0) is 13.1. The number of carbonyl (C=O) groups is 2. The van der Waals surface area contributed by atoms with Gasteiger partial charge in [0.25, 0.3) is 0 Å². The van der Waals surface area contributed by atoms with Crippen LogP contribution in [0.5, 0.6) is 0 Å². The minimum atomic E-state index is -0.880. The fourth-order valence-electron chi connectivity index (χ4n) is 2.03. The average molecular weight is 243 g/mol. The standard InChI is InChI=1S/C12H21NO4/c1-9(11(15)16)8-13(2)10(14)7-12(17-3)5-4-6-12/h9H,4-8H2,1-3H3,(H,15,16). The highest BCUT2D eigenvalue weighted by Gasteiger charge is 2.39. The monoisotopic (exact) mass is 243 g/mol. The third-order valence-electron chi connectivity index (χ3n) is 3.57. The Hall–Kier alpha value is -1.10. The van der Waals surface area contributed by atoms with Crippen LogP contribution in [-0.4, -0.2) is 48.2 Å². The van der Waals surface area contributed by atoms with Gasteiger partial charge < -0.3 is 14.7 Å². The minimum Gasteiger partial charge on any atom is -0.481 e. The molecule has 0 aliphatic heterocycles. The third-order valence-corrected chi connectivity index (χ3v) is 3.57. The van der Waals surface area contributed by atoms with Gasteiger partial charge in [-0.2, -0.15) is 0 Å². The number of carboxylic acid groups (broad SMARTS) is 1. The van der Waals surface area contributed by atoms with Crippen molar-refractivity contribution >= 4 is 11.9 Å². The highest BCUT2D eigenvalue weighted by Crippen LogP contribution is 2.38. The number of nitrogens with zero attached hydrogens (tertiary/aromatic N) is 1. The molecule has 1 rings (SSSR count). The summed E-state index contributed by atoms with van der Waals surface area (Å²) in [6, 6.07) is 0. The Morgan fingerprint density at radius 2 is 2.06 bits per heavy atom. The summed E-state index contributed by atoms with van der Waals surface area (Å²) in [7, 11) is 3.27. The van der Waals surface area contributed by atoms with Gasteiger partial charge in [0.05, 0.1) is 17.9 Å². The van der Waals surface area contributed by atoms with Gasteiger partial charge in [0.1, 0.15) is 0 Å². The van der Waals surface area contributed by atoms with Crippen molar-refractivity contribution in [2.45, 2.75) is 38.2 Å². The first-order valence-electron chi connectivity index (χ1n) is 5.92. The molecule has 0 heterocycles. The zero-order valence-electron chi connectivity index (χ0n) is 10.7. The molecule has 98 valence electrons. The Morgan fingerprint density at radius 3 is 2.41 bits per heavy atom. The van der Waals surface area contributed by atoms with E-state index in [9.17, 15) is 9.59 Å². The predicted octanol–water partition coefficient (Wildman–Crippen LogP) is 1.12. The van der Waals surface area contributed by atoms with E-state index in [2.05, 4.69) is 0 Å². The van der Waals surface area contributed by atoms with E-state index in [1.165, 1.54) is 4.90 Å². The molecule has 0 bridgehead atoms. The summed E-state index contributed by atoms with van der Waals surface area (Å²) in [6.45, 7) is 1.84. The molecule has 0 spiro atoms. The van der Waals surface area contributed by atoms with E-state index in [0.29, 0.717) is 6.42 Å². The Kier molecular flexibility index (Phi) is 4.51. The summed E-state index contributed by atoms with van der Waals surface area (Å²) >= 11 is 0. The van der Waals surface area contributed by atoms with E-state index in [-0.39, 0.29) is 18.1 Å². The largest absolute Gasteiger partial charge is 0.481 e. The fraction of sp³-hybridized carbons (Fsp3) is 0.833. The van der Waals surface area contributed by atoms with Crippen molar-refractivity contribution in [2.24, 2.45) is 5.92 Å². The zero-order valence-corrected chi connectivity index (χ0v) is 10.7. The Bertz CT molecular complexity index is 293. The van der Waals surface area contributed by atoms with Gasteiger partial charge in [0.15, 0.2) is 0 Å². The number of carbonyl (C=O) groups excluding carboxylic acids is 1. The summed E-state index contributed by atoms with van der Waals surface area (Å²) < 4.78 is 5.38. The lowest BCUT2D eigenvalue weighted by Gasteiger charge is -2.40. The van der Waals surface area contributed by atoms with Crippen molar-refractivity contribution in [1.29, 1.82) is 0 Å². The van der Waals surface area contributed by atoms with Crippen LogP contribution in [0.25, 0.3) is 0 Å². The molecule has 1 atom stereocenters. The van der Waals surface area contributed by atoms with E-state index >= 15 is 0 Å². The molecule has 0 aromatic heterocycles. The summed E-state index contributed by atoms with van der Waals surface area (Å²) in [4.78, 5) is 24.1. The molecule has 1 aliphatic rings. The minimum absolute atomic E-state index is 0.0420. The van der Waals surface area contributed by atoms with E-state index in [1.54, 1.807) is 21.1 Å². The molecule has 1 unspecified atom stereocenters. The Labute approximate surface area is 102 Å². The molecule has 17 heavy (non-hydrogen) atoms. The van der Waals surface area contributed by atoms with Crippen LogP contribution in [0, 0.1) is 5.92 Å². The smallest absolute Gasteiger partial charge is 0.308 e. The van der Waals surface area contributed by atoms with E-state index in [4.69, 9.17) is 9.84 Å². The SMILES string of the molecule is COC1(CC(=O)N(C)CC(C)C(=O)O)CCC1. The summed E-state index contributed by atoms with van der Waals surface area (Å²) in [6.07, 6.45) is 3.28. The lowest BCUT2D eigenvalue weighted by atomic mass is 9.77. The molecule has 0 aromatic carbocycles. The van der Waals surface area contributed by atoms with Gasteiger partial charge in [-0.05, 0) is 19.3 Å². The molecule has 1 N–H and O–H groups in total. The molecule has 5 heteroatoms. The van der Waals surface area contributed by atoms with E-state index in [1.807, 2.05) is 0 Å². The molecule has 5 nitrogen and oxygen atoms in total. The second kappa shape index (κ2) is 5.49. The molecule has 1 amide bonds. The normalized spacial score (nSPS) is 19.2. The van der Waals surface area contributed by atoms with Crippen LogP contribution in [-0.2, 0) is 14.3 Å². The van der Waals surface area contributed by atoms with Crippen molar-refractivity contribution < 1.29 is 19.4 Å². The third kappa shape index (κ3) is 3.43. The molecular formula is C12H21NO4. The van der Waals surface area contributed by atoms with E-state index < -0.39 is 11.9 Å². The van der Waals surface area contributed by atoms with Crippen LogP contribution in [0.1, 0.15) is 32.6 Å². The maximum Gasteiger partial charge on any atom is 0.308 e. The highest BCUT2D eigenvalue weighted by atomic mass is 16.5. The maximum absolute atomic E-state index is 11.9. The number of aliphatic carboxylic acids is 1. The van der Waals surface area contributed by atoms with Gasteiger partial charge >= 0.3 is 5.97 Å². The van der Waals surface area contributed by atoms with Crippen LogP contribution in [0.2, 0.25) is 0 Å². The molecule has 0 radical (unpaired) electrons. The average Bonchev–Trinajstić information content (AvgIpc) is 2.22. The van der Waals surface area contributed by atoms with Crippen LogP contribution in [0.15, 0.2) is 0 Å². The number of ether oxygens (including phenoxy) is 1. The second-order valence-electron chi connectivity index (χ2n) is 4.93. The van der Waals surface area contributed by atoms with Crippen LogP contribution < -0.4 is 0 Å². The molecule has 1 fully saturated rings. The lowest BCUT2D eigenvalue weighted by molar-refractivity contribution is -0.146. The van der Waals surface area contributed by atoms with Gasteiger partial charge in [-0.1, -0.05) is 6.92 Å². The van der Waals surface area contributed by atoms with E-state index in [0.717, 1.165) is 19.3 Å². The lowest BCUT2D eigenvalue weighted by Crippen LogP contribution is -2.45. The van der Waals surface area contributed by atoms with Gasteiger partial charge in [-0.25, -0.2) is 0 Å². The first-order chi connectivity index (χ1) is 7.90. The fourth-order valence-corrected chi connectivity index (χ4v) is 2.03. The first-order valence-corrected chi connectivity index (χ1v) is 5.92. The van der Waals surface area contributed by atoms with Gasteiger partial charge in [-0.3, -0.25) is 9.59 Å². The highest BCUT2D eigenvalue weighted by molar-refractivity contribution is 5.78. The molecular weight excluding hydrogens is 222 g/mol. The Morgan fingerprint density at radius 1 is 1.47 bits per heavy atom. The summed E-state index contributed by atoms with van der Waals surface area (Å²) in [5.74, 6) is -1.46. The maximum atomic E-state index is 11.9. The van der Waals surface area contributed by atoms with Crippen molar-refractivity contribution in [2.75, 3.05) is 20.7 Å². The molecule has 0 saturated heterocycles. The predicted molar refractivity (Wildman–Crippen MR) is 62.6 cm³/mol. The molecule has 1 aliphatic carbocycles. The number of carboxylic acids is 1. The van der Waals surface area contributed by atoms with Gasteiger partial charge in [0, 0.05) is 20.7 Å². The molecule has 1 saturated carbocycles. The van der Waals surface area contributed by atoms with Crippen molar-refractivity contribution in [1.82, 2.24) is 4.90 Å². The number of methoxy groups -OCH3 is 1. The van der Waals surface area contributed by atoms with Crippen LogP contribution in [0.4, 0.5) is 0 Å². The number of hydrogen-bond acceptors (Lipinski definition) is 3. The first kappa shape index (κ1) is 14.0. The van der Waals surface area contributed by atoms with Gasteiger partial charge in [0.2, 0.25) is 5.91 Å². The topological polar surface area (TPSA) is 66.8 Å². The summed E-state index contributed by atoms with van der Waals surface area (Å²) in [5, 5.41) is 8.79. The number of amides is 1. The number of rotatable bonds is 6. The summed E-state index contributed by atoms with van der Waals surface area (Å²) in [5.41, 5.74) is -0.294. The number of hydrogen-bond donors (Lipinski definition) is 1. The molecule has 0 aromatic rings. The van der Waals surface area contributed by atoms with Crippen LogP contribution >= 0.6 is 0 Å². The quantitative estimate of drug-likeness (QED) is 0.759. The second-order valence-corrected chi connectivity index (χ2v) is 4.93. The van der Waals surface area contributed by atoms with Crippen molar-refractivity contribution in [3.63, 3.8) is 0 Å².